The molecule has 0 saturated heterocycles. The molecule has 2 aromatic heterocycles. The highest BCUT2D eigenvalue weighted by molar-refractivity contribution is 5.95. The standard InChI is InChI=1S/C13H9FN2/c14-13-6-5-9(7-16-13)11-8-15-12-4-2-1-3-10(11)12/h1-8,15H. The van der Waals surface area contributed by atoms with E-state index in [1.807, 2.05) is 30.5 Å². The van der Waals surface area contributed by atoms with Crippen LogP contribution in [0.4, 0.5) is 4.39 Å². The van der Waals surface area contributed by atoms with Gasteiger partial charge in [-0.15, -0.1) is 0 Å². The molecule has 0 aliphatic heterocycles. The molecule has 1 N–H and O–H groups in total. The number of pyridine rings is 1. The lowest BCUT2D eigenvalue weighted by Crippen LogP contribution is -1.82. The van der Waals surface area contributed by atoms with Crippen LogP contribution in [0.25, 0.3) is 22.0 Å². The molecule has 0 spiro atoms. The summed E-state index contributed by atoms with van der Waals surface area (Å²) in [4.78, 5) is 6.84. The lowest BCUT2D eigenvalue weighted by molar-refractivity contribution is 0.584. The SMILES string of the molecule is Fc1ccc(-c2c[nH]c3ccccc23)cn1. The largest absolute Gasteiger partial charge is 0.361 e. The Morgan fingerprint density at radius 3 is 2.75 bits per heavy atom. The lowest BCUT2D eigenvalue weighted by atomic mass is 10.1. The number of H-pyrrole nitrogens is 1. The zero-order chi connectivity index (χ0) is 11.0. The Labute approximate surface area is 91.8 Å². The van der Waals surface area contributed by atoms with E-state index < -0.39 is 5.95 Å². The Morgan fingerprint density at radius 2 is 1.94 bits per heavy atom. The molecule has 0 aliphatic rings. The molecule has 0 bridgehead atoms. The topological polar surface area (TPSA) is 28.7 Å². The second kappa shape index (κ2) is 3.45. The normalized spacial score (nSPS) is 10.8. The van der Waals surface area contributed by atoms with Gasteiger partial charge in [0.1, 0.15) is 0 Å². The van der Waals surface area contributed by atoms with Crippen LogP contribution in [0.2, 0.25) is 0 Å². The first-order valence-electron chi connectivity index (χ1n) is 5.02. The van der Waals surface area contributed by atoms with E-state index in [-0.39, 0.29) is 0 Å². The second-order valence-electron chi connectivity index (χ2n) is 3.62. The molecule has 3 heteroatoms. The third kappa shape index (κ3) is 1.37. The number of aromatic nitrogens is 2. The predicted octanol–water partition coefficient (Wildman–Crippen LogP) is 3.37. The summed E-state index contributed by atoms with van der Waals surface area (Å²) in [6, 6.07) is 11.1. The van der Waals surface area contributed by atoms with E-state index >= 15 is 0 Å². The lowest BCUT2D eigenvalue weighted by Gasteiger charge is -1.98. The van der Waals surface area contributed by atoms with Crippen molar-refractivity contribution in [2.45, 2.75) is 0 Å². The Hall–Kier alpha value is -2.16. The van der Waals surface area contributed by atoms with E-state index in [1.165, 1.54) is 6.07 Å². The molecular weight excluding hydrogens is 203 g/mol. The molecular formula is C13H9FN2. The maximum absolute atomic E-state index is 12.7. The number of hydrogen-bond acceptors (Lipinski definition) is 1. The molecule has 0 atom stereocenters. The quantitative estimate of drug-likeness (QED) is 0.615. The van der Waals surface area contributed by atoms with Crippen LogP contribution in [0.1, 0.15) is 0 Å². The maximum Gasteiger partial charge on any atom is 0.212 e. The van der Waals surface area contributed by atoms with Gasteiger partial charge in [-0.05, 0) is 18.2 Å². The summed E-state index contributed by atoms with van der Waals surface area (Å²) in [6.07, 6.45) is 3.46. The molecule has 1 aromatic carbocycles. The monoisotopic (exact) mass is 212 g/mol. The fourth-order valence-corrected chi connectivity index (χ4v) is 1.85. The zero-order valence-corrected chi connectivity index (χ0v) is 8.44. The van der Waals surface area contributed by atoms with Gasteiger partial charge in [0.25, 0.3) is 0 Å². The van der Waals surface area contributed by atoms with Crippen molar-refractivity contribution in [1.29, 1.82) is 0 Å². The number of fused-ring (bicyclic) bond motifs is 1. The first kappa shape index (κ1) is 9.09. The van der Waals surface area contributed by atoms with E-state index in [9.17, 15) is 4.39 Å². The maximum atomic E-state index is 12.7. The highest BCUT2D eigenvalue weighted by Crippen LogP contribution is 2.27. The van der Waals surface area contributed by atoms with Crippen LogP contribution < -0.4 is 0 Å². The van der Waals surface area contributed by atoms with Crippen LogP contribution in [-0.4, -0.2) is 9.97 Å². The highest BCUT2D eigenvalue weighted by atomic mass is 19.1. The van der Waals surface area contributed by atoms with Gasteiger partial charge < -0.3 is 4.98 Å². The van der Waals surface area contributed by atoms with Crippen LogP contribution >= 0.6 is 0 Å². The number of benzene rings is 1. The number of nitrogens with zero attached hydrogens (tertiary/aromatic N) is 1. The minimum Gasteiger partial charge on any atom is -0.361 e. The summed E-state index contributed by atoms with van der Waals surface area (Å²) < 4.78 is 12.7. The highest BCUT2D eigenvalue weighted by Gasteiger charge is 2.05. The van der Waals surface area contributed by atoms with E-state index in [0.717, 1.165) is 22.0 Å². The third-order valence-corrected chi connectivity index (χ3v) is 2.63. The molecule has 2 nitrogen and oxygen atoms in total. The molecule has 0 radical (unpaired) electrons. The van der Waals surface area contributed by atoms with Crippen LogP contribution in [0.5, 0.6) is 0 Å². The van der Waals surface area contributed by atoms with Gasteiger partial charge in [0, 0.05) is 34.4 Å². The summed E-state index contributed by atoms with van der Waals surface area (Å²) in [5.41, 5.74) is 3.03. The van der Waals surface area contributed by atoms with Gasteiger partial charge in [-0.2, -0.15) is 4.39 Å². The molecule has 0 unspecified atom stereocenters. The number of halogens is 1. The molecule has 3 rings (SSSR count). The first-order valence-corrected chi connectivity index (χ1v) is 5.02. The van der Waals surface area contributed by atoms with E-state index in [4.69, 9.17) is 0 Å². The van der Waals surface area contributed by atoms with Crippen molar-refractivity contribution < 1.29 is 4.39 Å². The van der Waals surface area contributed by atoms with Gasteiger partial charge in [0.15, 0.2) is 0 Å². The molecule has 2 heterocycles. The molecule has 16 heavy (non-hydrogen) atoms. The second-order valence-corrected chi connectivity index (χ2v) is 3.62. The molecule has 78 valence electrons. The molecule has 3 aromatic rings. The van der Waals surface area contributed by atoms with Gasteiger partial charge in [-0.3, -0.25) is 0 Å². The van der Waals surface area contributed by atoms with Crippen molar-refractivity contribution in [2.24, 2.45) is 0 Å². The first-order chi connectivity index (χ1) is 7.84. The van der Waals surface area contributed by atoms with Crippen LogP contribution in [0.3, 0.4) is 0 Å². The Morgan fingerprint density at radius 1 is 1.06 bits per heavy atom. The fraction of sp³-hybridized carbons (Fsp3) is 0. The minimum absolute atomic E-state index is 0.455. The van der Waals surface area contributed by atoms with Crippen LogP contribution in [0, 0.1) is 5.95 Å². The Bertz CT molecular complexity index is 626. The van der Waals surface area contributed by atoms with Gasteiger partial charge in [-0.25, -0.2) is 4.98 Å². The van der Waals surface area contributed by atoms with E-state index in [1.54, 1.807) is 12.3 Å². The smallest absolute Gasteiger partial charge is 0.212 e. The summed E-state index contributed by atoms with van der Waals surface area (Å²) in [5.74, 6) is -0.455. The molecule has 0 aliphatic carbocycles. The predicted molar refractivity (Wildman–Crippen MR) is 61.5 cm³/mol. The average molecular weight is 212 g/mol. The average Bonchev–Trinajstić information content (AvgIpc) is 2.74. The number of nitrogens with one attached hydrogen (secondary N) is 1. The van der Waals surface area contributed by atoms with Gasteiger partial charge in [0.2, 0.25) is 5.95 Å². The number of rotatable bonds is 1. The van der Waals surface area contributed by atoms with Crippen molar-refractivity contribution in [1.82, 2.24) is 9.97 Å². The van der Waals surface area contributed by atoms with Gasteiger partial charge >= 0.3 is 0 Å². The van der Waals surface area contributed by atoms with Gasteiger partial charge in [-0.1, -0.05) is 18.2 Å². The van der Waals surface area contributed by atoms with Crippen molar-refractivity contribution in [3.63, 3.8) is 0 Å². The molecule has 0 amide bonds. The van der Waals surface area contributed by atoms with E-state index in [2.05, 4.69) is 9.97 Å². The number of para-hydroxylation sites is 1. The number of hydrogen-bond donors (Lipinski definition) is 1. The summed E-state index contributed by atoms with van der Waals surface area (Å²) in [7, 11) is 0. The summed E-state index contributed by atoms with van der Waals surface area (Å²) >= 11 is 0. The minimum atomic E-state index is -0.455. The Balaban J connectivity index is 2.22. The number of aromatic amines is 1. The van der Waals surface area contributed by atoms with Crippen LogP contribution in [0.15, 0.2) is 48.8 Å². The summed E-state index contributed by atoms with van der Waals surface area (Å²) in [5, 5.41) is 1.12. The molecule has 0 fully saturated rings. The summed E-state index contributed by atoms with van der Waals surface area (Å²) in [6.45, 7) is 0. The van der Waals surface area contributed by atoms with Crippen LogP contribution in [-0.2, 0) is 0 Å². The third-order valence-electron chi connectivity index (χ3n) is 2.63. The van der Waals surface area contributed by atoms with Crippen molar-refractivity contribution >= 4 is 10.9 Å². The van der Waals surface area contributed by atoms with Gasteiger partial charge in [0.05, 0.1) is 0 Å². The fourth-order valence-electron chi connectivity index (χ4n) is 1.85. The zero-order valence-electron chi connectivity index (χ0n) is 8.44. The van der Waals surface area contributed by atoms with Crippen molar-refractivity contribution in [3.05, 3.63) is 54.7 Å². The Kier molecular flexibility index (Phi) is 1.96. The molecule has 0 saturated carbocycles. The van der Waals surface area contributed by atoms with Crippen molar-refractivity contribution in [3.8, 4) is 11.1 Å². The van der Waals surface area contributed by atoms with E-state index in [0.29, 0.717) is 0 Å². The van der Waals surface area contributed by atoms with Crippen molar-refractivity contribution in [2.75, 3.05) is 0 Å².